The number of hydrogen-bond acceptors (Lipinski definition) is 5. The number of sulfonamides is 1. The molecule has 0 spiro atoms. The van der Waals surface area contributed by atoms with Crippen molar-refractivity contribution in [1.29, 1.82) is 0 Å². The number of rotatable bonds is 8. The van der Waals surface area contributed by atoms with Gasteiger partial charge in [-0.05, 0) is 37.3 Å². The van der Waals surface area contributed by atoms with E-state index in [0.717, 1.165) is 18.2 Å². The summed E-state index contributed by atoms with van der Waals surface area (Å²) in [4.78, 5) is 23.7. The first-order valence-electron chi connectivity index (χ1n) is 8.29. The molecule has 7 nitrogen and oxygen atoms in total. The summed E-state index contributed by atoms with van der Waals surface area (Å²) < 4.78 is 58.0. The van der Waals surface area contributed by atoms with Gasteiger partial charge < -0.3 is 10.1 Å². The molecule has 0 saturated heterocycles. The van der Waals surface area contributed by atoms with Crippen LogP contribution in [0.2, 0.25) is 5.02 Å². The summed E-state index contributed by atoms with van der Waals surface area (Å²) in [5.74, 6) is -3.34. The third-order valence-corrected chi connectivity index (χ3v) is 5.29. The maximum atomic E-state index is 13.5. The number of benzene rings is 2. The van der Waals surface area contributed by atoms with E-state index in [9.17, 15) is 26.8 Å². The molecule has 2 aromatic carbocycles. The van der Waals surface area contributed by atoms with Crippen molar-refractivity contribution in [2.24, 2.45) is 0 Å². The lowest BCUT2D eigenvalue weighted by Crippen LogP contribution is -2.32. The number of carbonyl (C=O) groups excluding carboxylic acids is 2. The molecular weight excluding hydrogens is 430 g/mol. The Morgan fingerprint density at radius 1 is 1.17 bits per heavy atom. The van der Waals surface area contributed by atoms with Crippen LogP contribution in [-0.4, -0.2) is 32.9 Å². The summed E-state index contributed by atoms with van der Waals surface area (Å²) in [6.45, 7) is 0.959. The van der Waals surface area contributed by atoms with Crippen molar-refractivity contribution < 1.29 is 31.5 Å². The minimum Gasteiger partial charge on any atom is -0.452 e. The van der Waals surface area contributed by atoms with E-state index in [4.69, 9.17) is 16.3 Å². The zero-order valence-corrected chi connectivity index (χ0v) is 16.7. The van der Waals surface area contributed by atoms with Crippen molar-refractivity contribution >= 4 is 39.2 Å². The Balaban J connectivity index is 1.84. The van der Waals surface area contributed by atoms with E-state index < -0.39 is 45.3 Å². The van der Waals surface area contributed by atoms with Crippen molar-refractivity contribution in [2.45, 2.75) is 24.3 Å². The van der Waals surface area contributed by atoms with Gasteiger partial charge in [-0.3, -0.25) is 9.59 Å². The monoisotopic (exact) mass is 446 g/mol. The number of carbonyl (C=O) groups is 2. The number of hydrogen-bond donors (Lipinski definition) is 2. The Morgan fingerprint density at radius 3 is 2.59 bits per heavy atom. The highest BCUT2D eigenvalue weighted by Crippen LogP contribution is 2.16. The van der Waals surface area contributed by atoms with Gasteiger partial charge in [-0.1, -0.05) is 17.7 Å². The van der Waals surface area contributed by atoms with E-state index in [1.165, 1.54) is 31.2 Å². The van der Waals surface area contributed by atoms with E-state index >= 15 is 0 Å². The SMILES string of the molecule is CC(OC(=O)CCNS(=O)(=O)c1cccc(Cl)c1)C(=O)Nc1cc(F)ccc1F. The van der Waals surface area contributed by atoms with Crippen LogP contribution in [0, 0.1) is 11.6 Å². The molecule has 0 aliphatic heterocycles. The van der Waals surface area contributed by atoms with Gasteiger partial charge in [0.15, 0.2) is 6.10 Å². The predicted molar refractivity (Wildman–Crippen MR) is 102 cm³/mol. The van der Waals surface area contributed by atoms with Crippen molar-refractivity contribution in [2.75, 3.05) is 11.9 Å². The molecule has 0 aliphatic rings. The van der Waals surface area contributed by atoms with E-state index in [-0.39, 0.29) is 22.9 Å². The van der Waals surface area contributed by atoms with Crippen LogP contribution in [0.5, 0.6) is 0 Å². The number of amides is 1. The Kier molecular flexibility index (Phi) is 7.66. The average molecular weight is 447 g/mol. The van der Waals surface area contributed by atoms with Crippen LogP contribution in [0.25, 0.3) is 0 Å². The second kappa shape index (κ2) is 9.77. The van der Waals surface area contributed by atoms with Gasteiger partial charge in [0, 0.05) is 17.6 Å². The van der Waals surface area contributed by atoms with Gasteiger partial charge in [0.1, 0.15) is 11.6 Å². The van der Waals surface area contributed by atoms with Gasteiger partial charge >= 0.3 is 5.97 Å². The number of esters is 1. The molecule has 2 N–H and O–H groups in total. The molecule has 0 fully saturated rings. The van der Waals surface area contributed by atoms with Crippen molar-refractivity contribution in [3.8, 4) is 0 Å². The second-order valence-electron chi connectivity index (χ2n) is 5.85. The fourth-order valence-electron chi connectivity index (χ4n) is 2.14. The highest BCUT2D eigenvalue weighted by atomic mass is 35.5. The maximum Gasteiger partial charge on any atom is 0.307 e. The average Bonchev–Trinajstić information content (AvgIpc) is 2.64. The minimum atomic E-state index is -3.87. The van der Waals surface area contributed by atoms with Crippen LogP contribution in [0.3, 0.4) is 0 Å². The van der Waals surface area contributed by atoms with Crippen LogP contribution in [-0.2, 0) is 24.3 Å². The van der Waals surface area contributed by atoms with E-state index in [0.29, 0.717) is 0 Å². The van der Waals surface area contributed by atoms with Gasteiger partial charge in [-0.25, -0.2) is 21.9 Å². The van der Waals surface area contributed by atoms with Gasteiger partial charge in [0.05, 0.1) is 17.0 Å². The van der Waals surface area contributed by atoms with Crippen LogP contribution >= 0.6 is 11.6 Å². The fourth-order valence-corrected chi connectivity index (χ4v) is 3.47. The number of nitrogens with one attached hydrogen (secondary N) is 2. The molecule has 1 unspecified atom stereocenters. The summed E-state index contributed by atoms with van der Waals surface area (Å²) in [6, 6.07) is 8.08. The van der Waals surface area contributed by atoms with E-state index in [1.54, 1.807) is 0 Å². The minimum absolute atomic E-state index is 0.0665. The lowest BCUT2D eigenvalue weighted by Gasteiger charge is -2.14. The molecule has 2 aromatic rings. The molecule has 0 bridgehead atoms. The largest absolute Gasteiger partial charge is 0.452 e. The molecule has 0 aliphatic carbocycles. The Morgan fingerprint density at radius 2 is 1.90 bits per heavy atom. The zero-order chi connectivity index (χ0) is 21.6. The maximum absolute atomic E-state index is 13.5. The molecule has 11 heteroatoms. The molecule has 2 rings (SSSR count). The van der Waals surface area contributed by atoms with Gasteiger partial charge in [-0.15, -0.1) is 0 Å². The summed E-state index contributed by atoms with van der Waals surface area (Å²) >= 11 is 5.75. The number of anilines is 1. The zero-order valence-electron chi connectivity index (χ0n) is 15.1. The van der Waals surface area contributed by atoms with Crippen LogP contribution in [0.4, 0.5) is 14.5 Å². The Bertz CT molecular complexity index is 1020. The highest BCUT2D eigenvalue weighted by Gasteiger charge is 2.20. The lowest BCUT2D eigenvalue weighted by atomic mass is 10.2. The van der Waals surface area contributed by atoms with E-state index in [1.807, 2.05) is 0 Å². The van der Waals surface area contributed by atoms with E-state index in [2.05, 4.69) is 10.0 Å². The predicted octanol–water partition coefficient (Wildman–Crippen LogP) is 2.86. The first-order valence-corrected chi connectivity index (χ1v) is 10.2. The molecule has 156 valence electrons. The van der Waals surface area contributed by atoms with Crippen LogP contribution < -0.4 is 10.0 Å². The van der Waals surface area contributed by atoms with Crippen LogP contribution in [0.15, 0.2) is 47.4 Å². The lowest BCUT2D eigenvalue weighted by molar-refractivity contribution is -0.152. The first-order chi connectivity index (χ1) is 13.6. The third-order valence-electron chi connectivity index (χ3n) is 3.59. The third kappa shape index (κ3) is 6.77. The molecular formula is C18H17ClF2N2O5S. The van der Waals surface area contributed by atoms with Gasteiger partial charge in [0.2, 0.25) is 10.0 Å². The highest BCUT2D eigenvalue weighted by molar-refractivity contribution is 7.89. The summed E-state index contributed by atoms with van der Waals surface area (Å²) in [5.41, 5.74) is -0.396. The summed E-state index contributed by atoms with van der Waals surface area (Å²) in [7, 11) is -3.87. The first kappa shape index (κ1) is 22.7. The van der Waals surface area contributed by atoms with Crippen molar-refractivity contribution in [3.63, 3.8) is 0 Å². The molecule has 0 heterocycles. The van der Waals surface area contributed by atoms with Crippen molar-refractivity contribution in [3.05, 3.63) is 59.1 Å². The Labute approximate surface area is 171 Å². The molecule has 0 radical (unpaired) electrons. The van der Waals surface area contributed by atoms with Gasteiger partial charge in [-0.2, -0.15) is 0 Å². The molecule has 1 atom stereocenters. The molecule has 0 saturated carbocycles. The van der Waals surface area contributed by atoms with Gasteiger partial charge in [0.25, 0.3) is 5.91 Å². The van der Waals surface area contributed by atoms with Crippen molar-refractivity contribution in [1.82, 2.24) is 4.72 Å². The molecule has 0 aromatic heterocycles. The topological polar surface area (TPSA) is 102 Å². The fraction of sp³-hybridized carbons (Fsp3) is 0.222. The second-order valence-corrected chi connectivity index (χ2v) is 8.05. The summed E-state index contributed by atoms with van der Waals surface area (Å²) in [5, 5.41) is 2.35. The standard InChI is InChI=1S/C18H17ClF2N2O5S/c1-11(18(25)23-16-10-13(20)5-6-15(16)21)28-17(24)7-8-22-29(26,27)14-4-2-3-12(19)9-14/h2-6,9-11,22H,7-8H2,1H3,(H,23,25). The van der Waals surface area contributed by atoms with Crippen LogP contribution in [0.1, 0.15) is 13.3 Å². The number of halogens is 3. The number of ether oxygens (including phenoxy) is 1. The summed E-state index contributed by atoms with van der Waals surface area (Å²) in [6.07, 6.45) is -1.67. The quantitative estimate of drug-likeness (QED) is 0.607. The Hall–Kier alpha value is -2.56. The molecule has 1 amide bonds. The molecule has 29 heavy (non-hydrogen) atoms. The smallest absolute Gasteiger partial charge is 0.307 e. The normalized spacial score (nSPS) is 12.3.